The third kappa shape index (κ3) is 4.89. The number of fused-ring (bicyclic) bond motifs is 1. The maximum atomic E-state index is 13.4. The molecular formula is C27H24N6OS2. The van der Waals surface area contributed by atoms with Crippen LogP contribution in [-0.4, -0.2) is 30.8 Å². The third-order valence-corrected chi connectivity index (χ3v) is 7.02. The number of carbonyl (C=O) groups is 1. The lowest BCUT2D eigenvalue weighted by Crippen LogP contribution is -2.38. The van der Waals surface area contributed by atoms with E-state index in [1.807, 2.05) is 92.7 Å². The van der Waals surface area contributed by atoms with E-state index in [2.05, 4.69) is 25.9 Å². The van der Waals surface area contributed by atoms with E-state index in [0.717, 1.165) is 50.2 Å². The van der Waals surface area contributed by atoms with Gasteiger partial charge in [-0.2, -0.15) is 9.61 Å². The molecule has 2 aromatic heterocycles. The Hall–Kier alpha value is -3.95. The second-order valence-corrected chi connectivity index (χ2v) is 9.66. The van der Waals surface area contributed by atoms with Gasteiger partial charge in [0, 0.05) is 17.7 Å². The molecule has 2 heterocycles. The summed E-state index contributed by atoms with van der Waals surface area (Å²) < 4.78 is 1.78. The summed E-state index contributed by atoms with van der Waals surface area (Å²) in [6, 6.07) is 25.4. The highest BCUT2D eigenvalue weighted by atomic mass is 32.1. The minimum atomic E-state index is -0.479. The average molecular weight is 513 g/mol. The quantitative estimate of drug-likeness (QED) is 0.298. The Morgan fingerprint density at radius 2 is 1.67 bits per heavy atom. The number of hydrogen-bond acceptors (Lipinski definition) is 6. The number of carbonyl (C=O) groups excluding carboxylic acids is 1. The zero-order valence-corrected chi connectivity index (χ0v) is 21.4. The van der Waals surface area contributed by atoms with Crippen LogP contribution < -0.4 is 10.6 Å². The van der Waals surface area contributed by atoms with Crippen molar-refractivity contribution >= 4 is 45.2 Å². The van der Waals surface area contributed by atoms with Gasteiger partial charge in [0.25, 0.3) is 0 Å². The molecule has 1 amide bonds. The number of anilines is 1. The average Bonchev–Trinajstić information content (AvgIpc) is 3.48. The molecule has 0 spiro atoms. The topological polar surface area (TPSA) is 84.2 Å². The van der Waals surface area contributed by atoms with E-state index in [0.29, 0.717) is 0 Å². The van der Waals surface area contributed by atoms with Crippen LogP contribution in [0.2, 0.25) is 0 Å². The standard InChI is InChI=1S/C27H24N6OS2/c1-3-22-30-31-27-33(22)32-25(36-27)20-15-14-17(2)21(16-20)28-26(35)29-24(34)23(18-10-6-4-7-11-18)19-12-8-5-9-13-19/h4-16,23H,3H2,1-2H3,(H2,28,29,34,35). The van der Waals surface area contributed by atoms with Gasteiger partial charge in [0.1, 0.15) is 5.01 Å². The first-order valence-electron chi connectivity index (χ1n) is 11.6. The van der Waals surface area contributed by atoms with E-state index in [-0.39, 0.29) is 11.0 Å². The molecule has 5 aromatic rings. The van der Waals surface area contributed by atoms with Crippen LogP contribution in [0.1, 0.15) is 35.4 Å². The number of nitrogens with zero attached hydrogens (tertiary/aromatic N) is 4. The molecule has 0 aliphatic rings. The lowest BCUT2D eigenvalue weighted by Gasteiger charge is -2.19. The smallest absolute Gasteiger partial charge is 0.238 e. The molecule has 2 N–H and O–H groups in total. The van der Waals surface area contributed by atoms with E-state index in [1.54, 1.807) is 4.52 Å². The Morgan fingerprint density at radius 1 is 1.00 bits per heavy atom. The highest BCUT2D eigenvalue weighted by molar-refractivity contribution is 7.80. The summed E-state index contributed by atoms with van der Waals surface area (Å²) in [6.45, 7) is 4.01. The fraction of sp³-hybridized carbons (Fsp3) is 0.148. The second-order valence-electron chi connectivity index (χ2n) is 8.30. The molecule has 0 unspecified atom stereocenters. The van der Waals surface area contributed by atoms with Crippen molar-refractivity contribution in [1.29, 1.82) is 0 Å². The van der Waals surface area contributed by atoms with Gasteiger partial charge in [0.15, 0.2) is 10.9 Å². The highest BCUT2D eigenvalue weighted by Crippen LogP contribution is 2.29. The summed E-state index contributed by atoms with van der Waals surface area (Å²) in [6.07, 6.45) is 0.756. The van der Waals surface area contributed by atoms with Crippen LogP contribution in [0.15, 0.2) is 78.9 Å². The van der Waals surface area contributed by atoms with Gasteiger partial charge < -0.3 is 10.6 Å². The van der Waals surface area contributed by atoms with Gasteiger partial charge in [-0.25, -0.2) is 0 Å². The molecule has 36 heavy (non-hydrogen) atoms. The van der Waals surface area contributed by atoms with Crippen LogP contribution in [0, 0.1) is 6.92 Å². The first-order valence-corrected chi connectivity index (χ1v) is 12.8. The molecule has 9 heteroatoms. The zero-order chi connectivity index (χ0) is 25.1. The molecule has 0 saturated heterocycles. The Kier molecular flexibility index (Phi) is 6.84. The van der Waals surface area contributed by atoms with Gasteiger partial charge in [-0.1, -0.05) is 91.1 Å². The molecule has 7 nitrogen and oxygen atoms in total. The number of nitrogens with one attached hydrogen (secondary N) is 2. The van der Waals surface area contributed by atoms with Gasteiger partial charge in [0.2, 0.25) is 10.9 Å². The molecule has 3 aromatic carbocycles. The Morgan fingerprint density at radius 3 is 2.31 bits per heavy atom. The van der Waals surface area contributed by atoms with Crippen LogP contribution in [0.3, 0.4) is 0 Å². The van der Waals surface area contributed by atoms with E-state index in [1.165, 1.54) is 11.3 Å². The van der Waals surface area contributed by atoms with Crippen molar-refractivity contribution < 1.29 is 4.79 Å². The van der Waals surface area contributed by atoms with Crippen LogP contribution in [0.4, 0.5) is 5.69 Å². The second kappa shape index (κ2) is 10.3. The molecule has 0 fully saturated rings. The highest BCUT2D eigenvalue weighted by Gasteiger charge is 2.23. The summed E-state index contributed by atoms with van der Waals surface area (Å²) in [4.78, 5) is 14.1. The van der Waals surface area contributed by atoms with Crippen LogP contribution >= 0.6 is 23.6 Å². The van der Waals surface area contributed by atoms with Gasteiger partial charge in [0.05, 0.1) is 5.92 Å². The number of benzene rings is 3. The number of rotatable bonds is 6. The number of aromatic nitrogens is 4. The number of hydrogen-bond donors (Lipinski definition) is 2. The van der Waals surface area contributed by atoms with Gasteiger partial charge in [-0.15, -0.1) is 10.2 Å². The summed E-state index contributed by atoms with van der Waals surface area (Å²) in [7, 11) is 0. The van der Waals surface area contributed by atoms with Crippen molar-refractivity contribution in [2.45, 2.75) is 26.2 Å². The van der Waals surface area contributed by atoms with Crippen LogP contribution in [0.5, 0.6) is 0 Å². The third-order valence-electron chi connectivity index (χ3n) is 5.87. The summed E-state index contributed by atoms with van der Waals surface area (Å²) >= 11 is 7.02. The van der Waals surface area contributed by atoms with E-state index in [9.17, 15) is 4.79 Å². The molecule has 0 atom stereocenters. The molecule has 0 aliphatic heterocycles. The predicted octanol–water partition coefficient (Wildman–Crippen LogP) is 5.37. The van der Waals surface area contributed by atoms with Crippen molar-refractivity contribution in [2.75, 3.05) is 5.32 Å². The van der Waals surface area contributed by atoms with E-state index in [4.69, 9.17) is 12.2 Å². The van der Waals surface area contributed by atoms with Crippen molar-refractivity contribution in [3.8, 4) is 10.6 Å². The first kappa shape index (κ1) is 23.8. The number of amides is 1. The Bertz CT molecular complexity index is 1490. The van der Waals surface area contributed by atoms with Gasteiger partial charge in [-0.05, 0) is 41.9 Å². The van der Waals surface area contributed by atoms with E-state index < -0.39 is 5.92 Å². The summed E-state index contributed by atoms with van der Waals surface area (Å²) in [5.74, 6) is 0.153. The van der Waals surface area contributed by atoms with Crippen molar-refractivity contribution in [2.24, 2.45) is 0 Å². The molecule has 0 bridgehead atoms. The SMILES string of the molecule is CCc1nnc2sc(-c3ccc(C)c(NC(=S)NC(=O)C(c4ccccc4)c4ccccc4)c3)nn12. The monoisotopic (exact) mass is 512 g/mol. The normalized spacial score (nSPS) is 11.1. The van der Waals surface area contributed by atoms with Gasteiger partial charge >= 0.3 is 0 Å². The molecule has 5 rings (SSSR count). The molecule has 0 saturated carbocycles. The van der Waals surface area contributed by atoms with Crippen molar-refractivity contribution in [3.05, 3.63) is 101 Å². The largest absolute Gasteiger partial charge is 0.332 e. The lowest BCUT2D eigenvalue weighted by atomic mass is 9.90. The maximum Gasteiger partial charge on any atom is 0.238 e. The summed E-state index contributed by atoms with van der Waals surface area (Å²) in [5.41, 5.74) is 4.53. The zero-order valence-electron chi connectivity index (χ0n) is 19.8. The van der Waals surface area contributed by atoms with Crippen LogP contribution in [0.25, 0.3) is 15.5 Å². The van der Waals surface area contributed by atoms with Crippen molar-refractivity contribution in [3.63, 3.8) is 0 Å². The van der Waals surface area contributed by atoms with Gasteiger partial charge in [-0.3, -0.25) is 4.79 Å². The van der Waals surface area contributed by atoms with Crippen LogP contribution in [-0.2, 0) is 11.2 Å². The summed E-state index contributed by atoms with van der Waals surface area (Å²) in [5, 5.41) is 20.2. The Balaban J connectivity index is 1.36. The number of aryl methyl sites for hydroxylation is 2. The fourth-order valence-electron chi connectivity index (χ4n) is 4.01. The molecule has 180 valence electrons. The lowest BCUT2D eigenvalue weighted by molar-refractivity contribution is -0.120. The molecular weight excluding hydrogens is 488 g/mol. The minimum absolute atomic E-state index is 0.195. The Labute approximate surface area is 218 Å². The number of thiocarbonyl (C=S) groups is 1. The predicted molar refractivity (Wildman–Crippen MR) is 147 cm³/mol. The maximum absolute atomic E-state index is 13.4. The minimum Gasteiger partial charge on any atom is -0.332 e. The molecule has 0 aliphatic carbocycles. The fourth-order valence-corrected chi connectivity index (χ4v) is 5.07. The first-order chi connectivity index (χ1) is 17.5. The van der Waals surface area contributed by atoms with E-state index >= 15 is 0 Å². The van der Waals surface area contributed by atoms with Crippen molar-refractivity contribution in [1.82, 2.24) is 25.1 Å². The molecule has 0 radical (unpaired) electrons.